The lowest BCUT2D eigenvalue weighted by Gasteiger charge is -2.09. The van der Waals surface area contributed by atoms with Crippen LogP contribution < -0.4 is 11.1 Å². The minimum atomic E-state index is -4.79. The van der Waals surface area contributed by atoms with Crippen LogP contribution in [0.4, 0.5) is 51.1 Å². The molecule has 0 saturated carbocycles. The third kappa shape index (κ3) is 9.78. The fraction of sp³-hybridized carbons (Fsp3) is 0.222. The summed E-state index contributed by atoms with van der Waals surface area (Å²) in [6.45, 7) is 1.09. The number of nitrogen functional groups attached to an aromatic ring is 1. The normalized spacial score (nSPS) is 11.3. The van der Waals surface area contributed by atoms with Gasteiger partial charge in [0.2, 0.25) is 5.91 Å². The molecule has 20 heteroatoms. The van der Waals surface area contributed by atoms with Crippen molar-refractivity contribution in [3.63, 3.8) is 0 Å². The number of aromatic carboxylic acids is 1. The van der Waals surface area contributed by atoms with Crippen molar-refractivity contribution in [2.45, 2.75) is 25.5 Å². The Morgan fingerprint density at radius 3 is 1.45 bits per heavy atom. The summed E-state index contributed by atoms with van der Waals surface area (Å²) < 4.78 is 108. The second-order valence-electron chi connectivity index (χ2n) is 6.28. The van der Waals surface area contributed by atoms with E-state index in [2.05, 4.69) is 29.9 Å². The molecule has 0 saturated heterocycles. The standard InChI is InChI=1S/C7H6F3N3O.C6H3F3N2O2.C5H4F3N3/c1-4(14)13-6-5(7(8,9)10)11-2-3-12-6;7-6(8,9)4-3(5(12)13)10-1-2-11-4;6-5(7,8)3-4(9)11-2-1-10-3/h2-3H,1H3,(H,12,13,14);1-2H,(H,12,13);1-2H,(H2,9,11). The molecule has 0 fully saturated rings. The first-order valence-electron chi connectivity index (χ1n) is 9.26. The number of carbonyl (C=O) groups is 2. The number of carboxylic acid groups (broad SMARTS) is 1. The Morgan fingerprint density at radius 2 is 1.08 bits per heavy atom. The molecule has 1 amide bonds. The number of anilines is 2. The molecule has 3 aromatic heterocycles. The van der Waals surface area contributed by atoms with Crippen LogP contribution in [0.15, 0.2) is 37.2 Å². The van der Waals surface area contributed by atoms with Gasteiger partial charge in [-0.2, -0.15) is 39.5 Å². The Hall–Kier alpha value is -4.65. The van der Waals surface area contributed by atoms with Gasteiger partial charge in [0.15, 0.2) is 34.4 Å². The van der Waals surface area contributed by atoms with Crippen LogP contribution in [0.5, 0.6) is 0 Å². The van der Waals surface area contributed by atoms with Gasteiger partial charge in [0.05, 0.1) is 0 Å². The van der Waals surface area contributed by atoms with E-state index in [4.69, 9.17) is 10.8 Å². The van der Waals surface area contributed by atoms with E-state index in [1.54, 1.807) is 0 Å². The Morgan fingerprint density at radius 1 is 0.684 bits per heavy atom. The molecule has 0 unspecified atom stereocenters. The minimum absolute atomic E-state index is 0.576. The highest BCUT2D eigenvalue weighted by atomic mass is 19.4. The van der Waals surface area contributed by atoms with Crippen molar-refractivity contribution in [2.75, 3.05) is 11.1 Å². The maximum absolute atomic E-state index is 12.2. The first-order valence-corrected chi connectivity index (χ1v) is 9.26. The zero-order valence-electron chi connectivity index (χ0n) is 18.4. The number of hydrogen-bond donors (Lipinski definition) is 3. The van der Waals surface area contributed by atoms with Crippen LogP contribution in [0.1, 0.15) is 34.5 Å². The number of rotatable bonds is 2. The number of halogens is 9. The van der Waals surface area contributed by atoms with Gasteiger partial charge in [-0.1, -0.05) is 0 Å². The van der Waals surface area contributed by atoms with Gasteiger partial charge < -0.3 is 16.2 Å². The highest BCUT2D eigenvalue weighted by Gasteiger charge is 2.38. The van der Waals surface area contributed by atoms with Gasteiger partial charge in [-0.3, -0.25) is 4.79 Å². The zero-order chi connectivity index (χ0) is 29.3. The molecular formula is C18H13F9N8O3. The van der Waals surface area contributed by atoms with E-state index in [9.17, 15) is 49.1 Å². The molecule has 0 bridgehead atoms. The first kappa shape index (κ1) is 31.4. The summed E-state index contributed by atoms with van der Waals surface area (Å²) in [6.07, 6.45) is -8.22. The second-order valence-corrected chi connectivity index (χ2v) is 6.28. The molecule has 4 N–H and O–H groups in total. The van der Waals surface area contributed by atoms with Crippen LogP contribution in [0, 0.1) is 0 Å². The van der Waals surface area contributed by atoms with Crippen LogP contribution in [-0.2, 0) is 23.3 Å². The monoisotopic (exact) mass is 560 g/mol. The summed E-state index contributed by atoms with van der Waals surface area (Å²) in [5, 5.41) is 10.3. The molecule has 38 heavy (non-hydrogen) atoms. The van der Waals surface area contributed by atoms with E-state index in [1.165, 1.54) is 0 Å². The lowest BCUT2D eigenvalue weighted by atomic mass is 10.3. The van der Waals surface area contributed by atoms with Crippen LogP contribution in [-0.4, -0.2) is 46.9 Å². The van der Waals surface area contributed by atoms with E-state index in [-0.39, 0.29) is 0 Å². The van der Waals surface area contributed by atoms with Gasteiger partial charge in [0.1, 0.15) is 0 Å². The SMILES string of the molecule is CC(=O)Nc1nccnc1C(F)(F)F.Nc1nccnc1C(F)(F)F.O=C(O)c1nccnc1C(F)(F)F. The molecule has 3 rings (SSSR count). The average molecular weight is 560 g/mol. The molecule has 0 aliphatic carbocycles. The Balaban J connectivity index is 0.000000287. The fourth-order valence-corrected chi connectivity index (χ4v) is 2.07. The van der Waals surface area contributed by atoms with Crippen molar-refractivity contribution in [3.05, 3.63) is 60.0 Å². The lowest BCUT2D eigenvalue weighted by molar-refractivity contribution is -0.142. The van der Waals surface area contributed by atoms with Gasteiger partial charge in [0.25, 0.3) is 0 Å². The van der Waals surface area contributed by atoms with E-state index in [0.717, 1.165) is 44.1 Å². The highest BCUT2D eigenvalue weighted by molar-refractivity contribution is 5.88. The molecule has 0 aliphatic rings. The Kier molecular flexibility index (Phi) is 10.4. The van der Waals surface area contributed by atoms with Crippen LogP contribution in [0.25, 0.3) is 0 Å². The van der Waals surface area contributed by atoms with Crippen molar-refractivity contribution in [2.24, 2.45) is 0 Å². The fourth-order valence-electron chi connectivity index (χ4n) is 2.07. The molecule has 0 aliphatic heterocycles. The number of aromatic nitrogens is 6. The average Bonchev–Trinajstić information content (AvgIpc) is 2.78. The minimum Gasteiger partial charge on any atom is -0.476 e. The van der Waals surface area contributed by atoms with Crippen molar-refractivity contribution in [1.29, 1.82) is 0 Å². The number of alkyl halides is 9. The number of amides is 1. The largest absolute Gasteiger partial charge is 0.476 e. The van der Waals surface area contributed by atoms with Crippen molar-refractivity contribution < 1.29 is 54.2 Å². The van der Waals surface area contributed by atoms with Crippen molar-refractivity contribution in [3.8, 4) is 0 Å². The summed E-state index contributed by atoms with van der Waals surface area (Å²) >= 11 is 0. The Bertz CT molecular complexity index is 1250. The third-order valence-corrected chi connectivity index (χ3v) is 3.43. The van der Waals surface area contributed by atoms with E-state index < -0.39 is 64.8 Å². The summed E-state index contributed by atoms with van der Waals surface area (Å²) in [5.74, 6) is -3.55. The van der Waals surface area contributed by atoms with Gasteiger partial charge in [0, 0.05) is 44.1 Å². The van der Waals surface area contributed by atoms with Crippen molar-refractivity contribution in [1.82, 2.24) is 29.9 Å². The first-order chi connectivity index (χ1) is 17.4. The molecule has 0 radical (unpaired) electrons. The van der Waals surface area contributed by atoms with Crippen LogP contribution >= 0.6 is 0 Å². The number of carbonyl (C=O) groups excluding carboxylic acids is 1. The molecule has 11 nitrogen and oxygen atoms in total. The third-order valence-electron chi connectivity index (χ3n) is 3.43. The molecule has 0 spiro atoms. The summed E-state index contributed by atoms with van der Waals surface area (Å²) in [6, 6.07) is 0. The number of nitrogens with zero attached hydrogens (tertiary/aromatic N) is 6. The zero-order valence-corrected chi connectivity index (χ0v) is 18.4. The van der Waals surface area contributed by atoms with Gasteiger partial charge in [-0.25, -0.2) is 34.7 Å². The summed E-state index contributed by atoms with van der Waals surface area (Å²) in [7, 11) is 0. The molecule has 0 atom stereocenters. The Labute approximate surface area is 205 Å². The number of nitrogens with two attached hydrogens (primary N) is 1. The summed E-state index contributed by atoms with van der Waals surface area (Å²) in [5.41, 5.74) is 0.00354. The number of nitrogens with one attached hydrogen (secondary N) is 1. The number of carboxylic acids is 1. The number of hydrogen-bond acceptors (Lipinski definition) is 9. The maximum atomic E-state index is 12.2. The van der Waals surface area contributed by atoms with Crippen LogP contribution in [0.3, 0.4) is 0 Å². The van der Waals surface area contributed by atoms with Crippen LogP contribution in [0.2, 0.25) is 0 Å². The second kappa shape index (κ2) is 12.5. The lowest BCUT2D eigenvalue weighted by Crippen LogP contribution is -2.16. The van der Waals surface area contributed by atoms with Gasteiger partial charge in [-0.05, 0) is 0 Å². The molecule has 0 aromatic carbocycles. The molecular weight excluding hydrogens is 547 g/mol. The molecule has 3 aromatic rings. The van der Waals surface area contributed by atoms with E-state index >= 15 is 0 Å². The summed E-state index contributed by atoms with van der Waals surface area (Å²) in [4.78, 5) is 39.5. The van der Waals surface area contributed by atoms with Gasteiger partial charge in [-0.15, -0.1) is 0 Å². The topological polar surface area (TPSA) is 170 Å². The van der Waals surface area contributed by atoms with Gasteiger partial charge >= 0.3 is 24.5 Å². The highest BCUT2D eigenvalue weighted by Crippen LogP contribution is 2.32. The smallest absolute Gasteiger partial charge is 0.437 e. The van der Waals surface area contributed by atoms with E-state index in [1.807, 2.05) is 5.32 Å². The van der Waals surface area contributed by atoms with Crippen molar-refractivity contribution >= 4 is 23.5 Å². The predicted octanol–water partition coefficient (Wildman–Crippen LogP) is 3.73. The predicted molar refractivity (Wildman–Crippen MR) is 107 cm³/mol. The van der Waals surface area contributed by atoms with E-state index in [0.29, 0.717) is 0 Å². The molecule has 206 valence electrons. The molecule has 3 heterocycles. The maximum Gasteiger partial charge on any atom is 0.437 e. The quantitative estimate of drug-likeness (QED) is 0.393.